The molecule has 0 radical (unpaired) electrons. The van der Waals surface area contributed by atoms with Gasteiger partial charge in [-0.1, -0.05) is 19.3 Å². The maximum atomic E-state index is 12.1. The van der Waals surface area contributed by atoms with Crippen LogP contribution in [0, 0.1) is 0 Å². The number of Topliss-reactive ketones (excluding diaryl/α,β-unsaturated/α-hetero) is 1. The number of aryl methyl sites for hydroxylation is 1. The van der Waals surface area contributed by atoms with Crippen molar-refractivity contribution in [3.8, 4) is 0 Å². The van der Waals surface area contributed by atoms with Gasteiger partial charge in [-0.3, -0.25) is 9.48 Å². The van der Waals surface area contributed by atoms with Crippen molar-refractivity contribution in [3.05, 3.63) is 12.2 Å². The number of aromatic nitrogens is 3. The molecule has 88 valence electrons. The minimum Gasteiger partial charge on any atom is -0.319 e. The Morgan fingerprint density at radius 2 is 2.19 bits per heavy atom. The van der Waals surface area contributed by atoms with Gasteiger partial charge in [-0.15, -0.1) is 0 Å². The van der Waals surface area contributed by atoms with Gasteiger partial charge in [0.15, 0.2) is 5.78 Å². The Morgan fingerprint density at radius 1 is 1.50 bits per heavy atom. The summed E-state index contributed by atoms with van der Waals surface area (Å²) in [5.74, 6) is 0.795. The van der Waals surface area contributed by atoms with E-state index in [-0.39, 0.29) is 5.78 Å². The van der Waals surface area contributed by atoms with Crippen molar-refractivity contribution in [1.82, 2.24) is 14.8 Å². The molecule has 5 heteroatoms. The van der Waals surface area contributed by atoms with Gasteiger partial charge < -0.3 is 5.73 Å². The zero-order chi connectivity index (χ0) is 11.6. The number of hydrogen-bond acceptors (Lipinski definition) is 4. The smallest absolute Gasteiger partial charge is 0.160 e. The van der Waals surface area contributed by atoms with E-state index >= 15 is 0 Å². The molecule has 1 aliphatic carbocycles. The maximum Gasteiger partial charge on any atom is 0.160 e. The molecule has 0 aromatic carbocycles. The van der Waals surface area contributed by atoms with Crippen LogP contribution in [0.15, 0.2) is 6.33 Å². The van der Waals surface area contributed by atoms with Crippen LogP contribution in [0.4, 0.5) is 0 Å². The maximum absolute atomic E-state index is 12.1. The van der Waals surface area contributed by atoms with Crippen LogP contribution in [-0.2, 0) is 18.3 Å². The Morgan fingerprint density at radius 3 is 2.75 bits per heavy atom. The molecule has 0 aliphatic heterocycles. The number of carbonyl (C=O) groups excluding carboxylic acids is 1. The third-order valence-electron chi connectivity index (χ3n) is 3.42. The zero-order valence-corrected chi connectivity index (χ0v) is 9.65. The second-order valence-corrected chi connectivity index (χ2v) is 4.62. The molecule has 2 rings (SSSR count). The Balaban J connectivity index is 2.05. The lowest BCUT2D eigenvalue weighted by atomic mass is 9.78. The predicted octanol–water partition coefficient (Wildman–Crippen LogP) is 0.588. The standard InChI is InChI=1S/C11H18N4O/c1-15-10(13-8-14-15)7-9(16)11(12)5-3-2-4-6-11/h8H,2-7,12H2,1H3. The largest absolute Gasteiger partial charge is 0.319 e. The summed E-state index contributed by atoms with van der Waals surface area (Å²) in [4.78, 5) is 16.2. The molecule has 0 amide bonds. The van der Waals surface area contributed by atoms with Crippen LogP contribution in [0.25, 0.3) is 0 Å². The highest BCUT2D eigenvalue weighted by molar-refractivity contribution is 5.89. The van der Waals surface area contributed by atoms with Crippen LogP contribution in [0.3, 0.4) is 0 Å². The molecule has 1 saturated carbocycles. The molecule has 0 spiro atoms. The first-order valence-corrected chi connectivity index (χ1v) is 5.77. The number of rotatable bonds is 3. The van der Waals surface area contributed by atoms with Crippen LogP contribution >= 0.6 is 0 Å². The van der Waals surface area contributed by atoms with Crippen LogP contribution in [0.2, 0.25) is 0 Å². The van der Waals surface area contributed by atoms with Crippen LogP contribution in [0.1, 0.15) is 37.9 Å². The van der Waals surface area contributed by atoms with Gasteiger partial charge in [-0.2, -0.15) is 5.10 Å². The van der Waals surface area contributed by atoms with E-state index in [9.17, 15) is 4.79 Å². The van der Waals surface area contributed by atoms with E-state index in [1.54, 1.807) is 11.7 Å². The third kappa shape index (κ3) is 2.14. The quantitative estimate of drug-likeness (QED) is 0.812. The van der Waals surface area contributed by atoms with Gasteiger partial charge in [0.2, 0.25) is 0 Å². The molecule has 1 heterocycles. The first-order valence-electron chi connectivity index (χ1n) is 5.77. The summed E-state index contributed by atoms with van der Waals surface area (Å²) in [5.41, 5.74) is 5.54. The number of nitrogens with two attached hydrogens (primary N) is 1. The average Bonchev–Trinajstić information content (AvgIpc) is 2.65. The highest BCUT2D eigenvalue weighted by Gasteiger charge is 2.35. The monoisotopic (exact) mass is 222 g/mol. The van der Waals surface area contributed by atoms with E-state index in [0.717, 1.165) is 25.7 Å². The second kappa shape index (κ2) is 4.33. The fourth-order valence-electron chi connectivity index (χ4n) is 2.26. The Kier molecular flexibility index (Phi) is 3.05. The fraction of sp³-hybridized carbons (Fsp3) is 0.727. The summed E-state index contributed by atoms with van der Waals surface area (Å²) < 4.78 is 1.63. The van der Waals surface area contributed by atoms with Crippen molar-refractivity contribution in [3.63, 3.8) is 0 Å². The molecule has 0 unspecified atom stereocenters. The lowest BCUT2D eigenvalue weighted by Crippen LogP contribution is -2.50. The summed E-state index contributed by atoms with van der Waals surface area (Å²) in [6.07, 6.45) is 6.69. The first-order chi connectivity index (χ1) is 7.62. The number of ketones is 1. The number of hydrogen-bond donors (Lipinski definition) is 1. The van der Waals surface area contributed by atoms with Gasteiger partial charge in [0.1, 0.15) is 12.2 Å². The van der Waals surface area contributed by atoms with Crippen LogP contribution in [0.5, 0.6) is 0 Å². The van der Waals surface area contributed by atoms with E-state index in [2.05, 4.69) is 10.1 Å². The summed E-state index contributed by atoms with van der Waals surface area (Å²) in [6.45, 7) is 0. The molecule has 2 N–H and O–H groups in total. The molecule has 0 saturated heterocycles. The van der Waals surface area contributed by atoms with E-state index in [1.165, 1.54) is 12.7 Å². The van der Waals surface area contributed by atoms with Gasteiger partial charge in [0, 0.05) is 7.05 Å². The minimum absolute atomic E-state index is 0.100. The highest BCUT2D eigenvalue weighted by atomic mass is 16.1. The van der Waals surface area contributed by atoms with Crippen molar-refractivity contribution in [2.75, 3.05) is 0 Å². The van der Waals surface area contributed by atoms with Crippen molar-refractivity contribution in [2.45, 2.75) is 44.1 Å². The summed E-state index contributed by atoms with van der Waals surface area (Å²) in [7, 11) is 1.79. The second-order valence-electron chi connectivity index (χ2n) is 4.62. The predicted molar refractivity (Wildman–Crippen MR) is 59.7 cm³/mol. The van der Waals surface area contributed by atoms with Gasteiger partial charge in [-0.25, -0.2) is 4.98 Å². The molecule has 1 aliphatic rings. The SMILES string of the molecule is Cn1ncnc1CC(=O)C1(N)CCCCC1. The third-order valence-corrected chi connectivity index (χ3v) is 3.42. The van der Waals surface area contributed by atoms with Gasteiger partial charge in [0.05, 0.1) is 12.0 Å². The van der Waals surface area contributed by atoms with Crippen molar-refractivity contribution >= 4 is 5.78 Å². The first kappa shape index (κ1) is 11.3. The summed E-state index contributed by atoms with van der Waals surface area (Å²) in [6, 6.07) is 0. The van der Waals surface area contributed by atoms with E-state index in [4.69, 9.17) is 5.73 Å². The van der Waals surface area contributed by atoms with Gasteiger partial charge in [0.25, 0.3) is 0 Å². The highest BCUT2D eigenvalue weighted by Crippen LogP contribution is 2.27. The average molecular weight is 222 g/mol. The fourth-order valence-corrected chi connectivity index (χ4v) is 2.26. The zero-order valence-electron chi connectivity index (χ0n) is 9.65. The van der Waals surface area contributed by atoms with Crippen molar-refractivity contribution < 1.29 is 4.79 Å². The van der Waals surface area contributed by atoms with E-state index in [1.807, 2.05) is 0 Å². The number of nitrogens with zero attached hydrogens (tertiary/aromatic N) is 3. The Bertz CT molecular complexity index is 379. The number of carbonyl (C=O) groups is 1. The van der Waals surface area contributed by atoms with Gasteiger partial charge >= 0.3 is 0 Å². The van der Waals surface area contributed by atoms with E-state index in [0.29, 0.717) is 12.2 Å². The van der Waals surface area contributed by atoms with Crippen molar-refractivity contribution in [2.24, 2.45) is 12.8 Å². The van der Waals surface area contributed by atoms with Gasteiger partial charge in [-0.05, 0) is 12.8 Å². The molecule has 1 aromatic heterocycles. The Hall–Kier alpha value is -1.23. The van der Waals surface area contributed by atoms with Crippen LogP contribution in [-0.4, -0.2) is 26.1 Å². The molecule has 1 fully saturated rings. The topological polar surface area (TPSA) is 73.8 Å². The summed E-state index contributed by atoms with van der Waals surface area (Å²) >= 11 is 0. The molecular formula is C11H18N4O. The minimum atomic E-state index is -0.621. The molecule has 5 nitrogen and oxygen atoms in total. The van der Waals surface area contributed by atoms with Crippen LogP contribution < -0.4 is 5.73 Å². The normalized spacial score (nSPS) is 19.6. The molecule has 0 atom stereocenters. The molecule has 16 heavy (non-hydrogen) atoms. The van der Waals surface area contributed by atoms with Crippen molar-refractivity contribution in [1.29, 1.82) is 0 Å². The lowest BCUT2D eigenvalue weighted by Gasteiger charge is -2.31. The Labute approximate surface area is 95.0 Å². The molecular weight excluding hydrogens is 204 g/mol. The van der Waals surface area contributed by atoms with E-state index < -0.39 is 5.54 Å². The molecule has 0 bridgehead atoms. The molecule has 1 aromatic rings. The lowest BCUT2D eigenvalue weighted by molar-refractivity contribution is -0.124. The summed E-state index contributed by atoms with van der Waals surface area (Å²) in [5, 5.41) is 3.95.